The molecule has 0 aromatic rings. The lowest BCUT2D eigenvalue weighted by Crippen LogP contribution is -2.59. The molecule has 1 aliphatic rings. The number of aliphatic hydroxyl groups is 2. The van der Waals surface area contributed by atoms with Crippen molar-refractivity contribution in [1.82, 2.24) is 0 Å². The van der Waals surface area contributed by atoms with Gasteiger partial charge in [0.15, 0.2) is 5.79 Å². The predicted molar refractivity (Wildman–Crippen MR) is 104 cm³/mol. The van der Waals surface area contributed by atoms with Gasteiger partial charge >= 0.3 is 5.97 Å². The van der Waals surface area contributed by atoms with Crippen LogP contribution < -0.4 is 0 Å². The zero-order valence-corrected chi connectivity index (χ0v) is 18.5. The Bertz CT molecular complexity index is 486. The molecule has 7 atom stereocenters. The van der Waals surface area contributed by atoms with E-state index < -0.39 is 29.3 Å². The van der Waals surface area contributed by atoms with Crippen LogP contribution in [0.2, 0.25) is 0 Å². The standard InChI is InChI=1S/C21H40O6/c1-12(2)18-14(4)16(22)10-21(25-9,27-18)15(5)17(23)13(3)11-26-19(24)20(6,7)8/h12-18,22-23H,10-11H2,1-9H3/t13-,14+,15+,16-,17-,18-,21-/m1/s1. The summed E-state index contributed by atoms with van der Waals surface area (Å²) < 4.78 is 17.4. The first-order valence-electron chi connectivity index (χ1n) is 10.0. The number of methoxy groups -OCH3 is 1. The van der Waals surface area contributed by atoms with Crippen molar-refractivity contribution in [3.05, 3.63) is 0 Å². The van der Waals surface area contributed by atoms with Gasteiger partial charge in [-0.05, 0) is 26.7 Å². The molecule has 27 heavy (non-hydrogen) atoms. The van der Waals surface area contributed by atoms with Crippen molar-refractivity contribution in [2.45, 2.75) is 85.9 Å². The summed E-state index contributed by atoms with van der Waals surface area (Å²) in [6, 6.07) is 0. The number of hydrogen-bond acceptors (Lipinski definition) is 6. The van der Waals surface area contributed by atoms with Crippen LogP contribution in [0.3, 0.4) is 0 Å². The fourth-order valence-electron chi connectivity index (χ4n) is 3.71. The summed E-state index contributed by atoms with van der Waals surface area (Å²) in [5.74, 6) is -1.89. The number of rotatable bonds is 7. The van der Waals surface area contributed by atoms with Gasteiger partial charge in [0.05, 0.1) is 30.3 Å². The molecule has 6 heteroatoms. The molecular weight excluding hydrogens is 348 g/mol. The third kappa shape index (κ3) is 5.66. The van der Waals surface area contributed by atoms with Crippen LogP contribution in [0.1, 0.15) is 61.8 Å². The van der Waals surface area contributed by atoms with Gasteiger partial charge in [-0.2, -0.15) is 0 Å². The van der Waals surface area contributed by atoms with E-state index >= 15 is 0 Å². The lowest BCUT2D eigenvalue weighted by Gasteiger charge is -2.50. The van der Waals surface area contributed by atoms with Crippen LogP contribution in [0.4, 0.5) is 0 Å². The monoisotopic (exact) mass is 388 g/mol. The zero-order valence-electron chi connectivity index (χ0n) is 18.5. The van der Waals surface area contributed by atoms with E-state index in [1.54, 1.807) is 27.9 Å². The van der Waals surface area contributed by atoms with Gasteiger partial charge in [-0.3, -0.25) is 4.79 Å². The highest BCUT2D eigenvalue weighted by Gasteiger charge is 2.51. The highest BCUT2D eigenvalue weighted by Crippen LogP contribution is 2.42. The Kier molecular flexibility index (Phi) is 8.30. The third-order valence-corrected chi connectivity index (χ3v) is 5.84. The molecule has 0 unspecified atom stereocenters. The average Bonchev–Trinajstić information content (AvgIpc) is 2.59. The molecule has 0 saturated carbocycles. The normalized spacial score (nSPS) is 32.8. The number of ether oxygens (including phenoxy) is 3. The molecule has 0 aromatic carbocycles. The van der Waals surface area contributed by atoms with Gasteiger partial charge in [-0.1, -0.05) is 34.6 Å². The van der Waals surface area contributed by atoms with Crippen LogP contribution in [0, 0.1) is 29.1 Å². The van der Waals surface area contributed by atoms with Gasteiger partial charge in [0, 0.05) is 31.3 Å². The summed E-state index contributed by atoms with van der Waals surface area (Å²) in [4.78, 5) is 12.0. The highest BCUT2D eigenvalue weighted by atomic mass is 16.7. The second-order valence-corrected chi connectivity index (χ2v) is 9.58. The Labute approximate surface area is 164 Å². The first-order chi connectivity index (χ1) is 12.3. The molecule has 0 spiro atoms. The lowest BCUT2D eigenvalue weighted by molar-refractivity contribution is -0.338. The molecule has 0 bridgehead atoms. The van der Waals surface area contributed by atoms with E-state index in [1.165, 1.54) is 0 Å². The van der Waals surface area contributed by atoms with Gasteiger partial charge in [0.25, 0.3) is 0 Å². The second-order valence-electron chi connectivity index (χ2n) is 9.58. The van der Waals surface area contributed by atoms with E-state index in [4.69, 9.17) is 14.2 Å². The van der Waals surface area contributed by atoms with E-state index in [9.17, 15) is 15.0 Å². The Hall–Kier alpha value is -0.690. The number of esters is 1. The van der Waals surface area contributed by atoms with Gasteiger partial charge < -0.3 is 24.4 Å². The molecule has 2 N–H and O–H groups in total. The van der Waals surface area contributed by atoms with E-state index in [0.717, 1.165) is 0 Å². The number of carbonyl (C=O) groups is 1. The summed E-state index contributed by atoms with van der Waals surface area (Å²) in [7, 11) is 1.55. The molecule has 1 rings (SSSR count). The molecule has 0 aliphatic carbocycles. The minimum absolute atomic E-state index is 0.0113. The van der Waals surface area contributed by atoms with Crippen LogP contribution in [0.25, 0.3) is 0 Å². The van der Waals surface area contributed by atoms with Crippen molar-refractivity contribution < 1.29 is 29.2 Å². The topological polar surface area (TPSA) is 85.2 Å². The van der Waals surface area contributed by atoms with Crippen molar-refractivity contribution in [3.63, 3.8) is 0 Å². The van der Waals surface area contributed by atoms with Crippen molar-refractivity contribution >= 4 is 5.97 Å². The van der Waals surface area contributed by atoms with Gasteiger partial charge in [0.1, 0.15) is 0 Å². The van der Waals surface area contributed by atoms with Crippen molar-refractivity contribution in [2.24, 2.45) is 29.1 Å². The van der Waals surface area contributed by atoms with Crippen molar-refractivity contribution in [3.8, 4) is 0 Å². The van der Waals surface area contributed by atoms with E-state index in [2.05, 4.69) is 13.8 Å². The molecule has 1 aliphatic heterocycles. The van der Waals surface area contributed by atoms with E-state index in [0.29, 0.717) is 6.42 Å². The van der Waals surface area contributed by atoms with Gasteiger partial charge in [-0.25, -0.2) is 0 Å². The first kappa shape index (κ1) is 24.3. The highest BCUT2D eigenvalue weighted by molar-refractivity contribution is 5.75. The average molecular weight is 389 g/mol. The summed E-state index contributed by atoms with van der Waals surface area (Å²) in [5.41, 5.74) is -0.582. The molecule has 0 aromatic heterocycles. The quantitative estimate of drug-likeness (QED) is 0.652. The maximum absolute atomic E-state index is 12.0. The Balaban J connectivity index is 2.89. The SMILES string of the molecule is CO[C@]1([C@@H](C)[C@H](O)[C@H](C)COC(=O)C(C)(C)C)C[C@@H](O)[C@H](C)[C@@H](C(C)C)O1. The molecule has 160 valence electrons. The molecule has 0 radical (unpaired) electrons. The fraction of sp³-hybridized carbons (Fsp3) is 0.952. The second kappa shape index (κ2) is 9.21. The fourth-order valence-corrected chi connectivity index (χ4v) is 3.71. The van der Waals surface area contributed by atoms with Crippen LogP contribution in [-0.2, 0) is 19.0 Å². The van der Waals surface area contributed by atoms with Crippen LogP contribution >= 0.6 is 0 Å². The Morgan fingerprint density at radius 3 is 2.26 bits per heavy atom. The molecule has 1 heterocycles. The van der Waals surface area contributed by atoms with Crippen molar-refractivity contribution in [1.29, 1.82) is 0 Å². The summed E-state index contributed by atoms with van der Waals surface area (Å²) in [5, 5.41) is 21.5. The number of carbonyl (C=O) groups excluding carboxylic acids is 1. The summed E-state index contributed by atoms with van der Waals surface area (Å²) in [6.45, 7) is 15.3. The molecule has 6 nitrogen and oxygen atoms in total. The minimum atomic E-state index is -1.08. The summed E-state index contributed by atoms with van der Waals surface area (Å²) in [6.07, 6.45) is -1.26. The molecule has 1 saturated heterocycles. The number of hydrogen-bond donors (Lipinski definition) is 2. The molecule has 0 amide bonds. The zero-order chi connectivity index (χ0) is 21.2. The van der Waals surface area contributed by atoms with Gasteiger partial charge in [0.2, 0.25) is 0 Å². The van der Waals surface area contributed by atoms with E-state index in [1.807, 2.05) is 20.8 Å². The maximum atomic E-state index is 12.0. The predicted octanol–water partition coefficient (Wildman–Crippen LogP) is 2.99. The van der Waals surface area contributed by atoms with E-state index in [-0.39, 0.29) is 36.4 Å². The minimum Gasteiger partial charge on any atom is -0.465 e. The number of aliphatic hydroxyl groups excluding tert-OH is 2. The maximum Gasteiger partial charge on any atom is 0.311 e. The van der Waals surface area contributed by atoms with Gasteiger partial charge in [-0.15, -0.1) is 0 Å². The molecule has 1 fully saturated rings. The van der Waals surface area contributed by atoms with Crippen LogP contribution in [-0.4, -0.2) is 54.0 Å². The van der Waals surface area contributed by atoms with Crippen LogP contribution in [0.15, 0.2) is 0 Å². The Morgan fingerprint density at radius 2 is 1.81 bits per heavy atom. The Morgan fingerprint density at radius 1 is 1.26 bits per heavy atom. The largest absolute Gasteiger partial charge is 0.465 e. The summed E-state index contributed by atoms with van der Waals surface area (Å²) >= 11 is 0. The first-order valence-corrected chi connectivity index (χ1v) is 10.0. The third-order valence-electron chi connectivity index (χ3n) is 5.84. The lowest BCUT2D eigenvalue weighted by atomic mass is 9.77. The molecular formula is C21H40O6. The van der Waals surface area contributed by atoms with Crippen LogP contribution in [0.5, 0.6) is 0 Å². The van der Waals surface area contributed by atoms with Crippen molar-refractivity contribution in [2.75, 3.05) is 13.7 Å². The smallest absolute Gasteiger partial charge is 0.311 e.